The molecule has 4 heteroatoms. The van der Waals surface area contributed by atoms with Crippen LogP contribution in [0, 0.1) is 0 Å². The third-order valence-corrected chi connectivity index (χ3v) is 1.99. The number of thiol groups is 1. The lowest BCUT2D eigenvalue weighted by Gasteiger charge is -2.05. The maximum atomic E-state index is 11.3. The van der Waals surface area contributed by atoms with Crippen LogP contribution in [0.2, 0.25) is 0 Å². The number of carbonyl (C=O) groups is 1. The molecule has 3 nitrogen and oxygen atoms in total. The van der Waals surface area contributed by atoms with Gasteiger partial charge in [0.1, 0.15) is 0 Å². The summed E-state index contributed by atoms with van der Waals surface area (Å²) in [6.45, 7) is 1.97. The molecule has 1 aromatic rings. The monoisotopic (exact) mass is 210 g/mol. The molecule has 1 unspecified atom stereocenters. The minimum Gasteiger partial charge on any atom is -0.325 e. The Morgan fingerprint density at radius 1 is 1.71 bits per heavy atom. The van der Waals surface area contributed by atoms with Gasteiger partial charge in [-0.25, -0.2) is 0 Å². The second-order valence-electron chi connectivity index (χ2n) is 3.18. The number of amides is 1. The van der Waals surface area contributed by atoms with Crippen molar-refractivity contribution in [2.75, 3.05) is 5.32 Å². The standard InChI is InChI=1S/C10H14N2OS/c1-8(14)4-5-10(13)12-9-3-2-6-11-7-9/h2-3,6-8,14H,4-5H2,1H3,(H,12,13). The van der Waals surface area contributed by atoms with Gasteiger partial charge in [0.15, 0.2) is 0 Å². The second kappa shape index (κ2) is 5.65. The number of rotatable bonds is 4. The highest BCUT2D eigenvalue weighted by Gasteiger charge is 2.03. The molecule has 0 spiro atoms. The lowest BCUT2D eigenvalue weighted by molar-refractivity contribution is -0.116. The Kier molecular flexibility index (Phi) is 4.46. The zero-order chi connectivity index (χ0) is 10.4. The van der Waals surface area contributed by atoms with Crippen molar-refractivity contribution >= 4 is 24.2 Å². The molecule has 0 aromatic carbocycles. The summed E-state index contributed by atoms with van der Waals surface area (Å²) in [7, 11) is 0. The summed E-state index contributed by atoms with van der Waals surface area (Å²) in [4.78, 5) is 15.2. The van der Waals surface area contributed by atoms with Crippen molar-refractivity contribution in [3.05, 3.63) is 24.5 Å². The van der Waals surface area contributed by atoms with E-state index in [0.717, 1.165) is 12.1 Å². The molecule has 1 amide bonds. The molecular formula is C10H14N2OS. The summed E-state index contributed by atoms with van der Waals surface area (Å²) in [6.07, 6.45) is 4.59. The second-order valence-corrected chi connectivity index (χ2v) is 4.06. The van der Waals surface area contributed by atoms with Gasteiger partial charge < -0.3 is 5.32 Å². The van der Waals surface area contributed by atoms with Gasteiger partial charge in [0.25, 0.3) is 0 Å². The number of anilines is 1. The van der Waals surface area contributed by atoms with E-state index in [0.29, 0.717) is 6.42 Å². The average Bonchev–Trinajstić information content (AvgIpc) is 2.16. The van der Waals surface area contributed by atoms with Crippen molar-refractivity contribution in [3.8, 4) is 0 Å². The lowest BCUT2D eigenvalue weighted by atomic mass is 10.2. The van der Waals surface area contributed by atoms with Gasteiger partial charge in [0, 0.05) is 12.6 Å². The molecule has 0 aliphatic rings. The van der Waals surface area contributed by atoms with Gasteiger partial charge in [-0.05, 0) is 23.8 Å². The van der Waals surface area contributed by atoms with Gasteiger partial charge in [0.2, 0.25) is 5.91 Å². The first-order valence-electron chi connectivity index (χ1n) is 4.56. The Morgan fingerprint density at radius 3 is 3.07 bits per heavy atom. The fourth-order valence-electron chi connectivity index (χ4n) is 1.00. The lowest BCUT2D eigenvalue weighted by Crippen LogP contribution is -2.12. The van der Waals surface area contributed by atoms with Crippen molar-refractivity contribution in [2.24, 2.45) is 0 Å². The highest BCUT2D eigenvalue weighted by atomic mass is 32.1. The van der Waals surface area contributed by atoms with Gasteiger partial charge >= 0.3 is 0 Å². The molecule has 0 saturated heterocycles. The van der Waals surface area contributed by atoms with Crippen LogP contribution >= 0.6 is 12.6 Å². The van der Waals surface area contributed by atoms with Crippen LogP contribution in [0.4, 0.5) is 5.69 Å². The molecule has 1 N–H and O–H groups in total. The highest BCUT2D eigenvalue weighted by Crippen LogP contribution is 2.07. The van der Waals surface area contributed by atoms with E-state index in [2.05, 4.69) is 22.9 Å². The fourth-order valence-corrected chi connectivity index (χ4v) is 1.13. The molecule has 1 aromatic heterocycles. The van der Waals surface area contributed by atoms with E-state index in [-0.39, 0.29) is 11.2 Å². The van der Waals surface area contributed by atoms with Crippen molar-refractivity contribution in [2.45, 2.75) is 25.0 Å². The van der Waals surface area contributed by atoms with Crippen molar-refractivity contribution < 1.29 is 4.79 Å². The third kappa shape index (κ3) is 4.28. The van der Waals surface area contributed by atoms with E-state index >= 15 is 0 Å². The van der Waals surface area contributed by atoms with E-state index in [1.54, 1.807) is 18.5 Å². The molecular weight excluding hydrogens is 196 g/mol. The summed E-state index contributed by atoms with van der Waals surface area (Å²) in [5.41, 5.74) is 0.740. The van der Waals surface area contributed by atoms with Crippen molar-refractivity contribution in [1.29, 1.82) is 0 Å². The summed E-state index contributed by atoms with van der Waals surface area (Å²) in [5, 5.41) is 3.02. The number of pyridine rings is 1. The fraction of sp³-hybridized carbons (Fsp3) is 0.400. The minimum absolute atomic E-state index is 0.0129. The Morgan fingerprint density at radius 2 is 2.50 bits per heavy atom. The molecule has 1 atom stereocenters. The van der Waals surface area contributed by atoms with Crippen molar-refractivity contribution in [1.82, 2.24) is 4.98 Å². The van der Waals surface area contributed by atoms with Crippen LogP contribution in [0.3, 0.4) is 0 Å². The quantitative estimate of drug-likeness (QED) is 0.747. The van der Waals surface area contributed by atoms with Crippen LogP contribution < -0.4 is 5.32 Å². The first-order valence-corrected chi connectivity index (χ1v) is 5.08. The first kappa shape index (κ1) is 11.0. The van der Waals surface area contributed by atoms with Crippen LogP contribution in [0.15, 0.2) is 24.5 Å². The van der Waals surface area contributed by atoms with E-state index in [9.17, 15) is 4.79 Å². The largest absolute Gasteiger partial charge is 0.325 e. The van der Waals surface area contributed by atoms with E-state index in [1.807, 2.05) is 13.0 Å². The van der Waals surface area contributed by atoms with E-state index < -0.39 is 0 Å². The number of hydrogen-bond acceptors (Lipinski definition) is 3. The molecule has 0 aliphatic heterocycles. The maximum Gasteiger partial charge on any atom is 0.224 e. The first-order chi connectivity index (χ1) is 6.68. The molecule has 0 radical (unpaired) electrons. The van der Waals surface area contributed by atoms with Gasteiger partial charge in [-0.1, -0.05) is 6.92 Å². The van der Waals surface area contributed by atoms with Gasteiger partial charge in [0.05, 0.1) is 11.9 Å². The Hall–Kier alpha value is -1.03. The SMILES string of the molecule is CC(S)CCC(=O)Nc1cccnc1. The van der Waals surface area contributed by atoms with E-state index in [4.69, 9.17) is 0 Å². The molecule has 1 heterocycles. The molecule has 76 valence electrons. The predicted molar refractivity (Wildman–Crippen MR) is 60.5 cm³/mol. The topological polar surface area (TPSA) is 42.0 Å². The number of nitrogens with zero attached hydrogens (tertiary/aromatic N) is 1. The van der Waals surface area contributed by atoms with Crippen LogP contribution in [0.5, 0.6) is 0 Å². The minimum atomic E-state index is 0.0129. The summed E-state index contributed by atoms with van der Waals surface area (Å²) in [6, 6.07) is 3.60. The zero-order valence-electron chi connectivity index (χ0n) is 8.10. The number of hydrogen-bond donors (Lipinski definition) is 2. The van der Waals surface area contributed by atoms with Crippen LogP contribution in [-0.2, 0) is 4.79 Å². The zero-order valence-corrected chi connectivity index (χ0v) is 9.00. The summed E-state index contributed by atoms with van der Waals surface area (Å²) < 4.78 is 0. The van der Waals surface area contributed by atoms with Crippen LogP contribution in [0.25, 0.3) is 0 Å². The highest BCUT2D eigenvalue weighted by molar-refractivity contribution is 7.80. The van der Waals surface area contributed by atoms with Crippen LogP contribution in [0.1, 0.15) is 19.8 Å². The maximum absolute atomic E-state index is 11.3. The van der Waals surface area contributed by atoms with Gasteiger partial charge in [-0.3, -0.25) is 9.78 Å². The molecule has 0 bridgehead atoms. The van der Waals surface area contributed by atoms with E-state index in [1.165, 1.54) is 0 Å². The average molecular weight is 210 g/mol. The normalized spacial score (nSPS) is 12.1. The Labute approximate surface area is 89.3 Å². The third-order valence-electron chi connectivity index (χ3n) is 1.73. The Balaban J connectivity index is 2.35. The molecule has 1 rings (SSSR count). The summed E-state index contributed by atoms with van der Waals surface area (Å²) in [5.74, 6) is 0.0129. The van der Waals surface area contributed by atoms with Gasteiger partial charge in [-0.2, -0.15) is 12.6 Å². The summed E-state index contributed by atoms with van der Waals surface area (Å²) >= 11 is 4.21. The number of nitrogens with one attached hydrogen (secondary N) is 1. The molecule has 0 aliphatic carbocycles. The molecule has 0 saturated carbocycles. The van der Waals surface area contributed by atoms with Gasteiger partial charge in [-0.15, -0.1) is 0 Å². The number of carbonyl (C=O) groups excluding carboxylic acids is 1. The predicted octanol–water partition coefficient (Wildman–Crippen LogP) is 2.12. The van der Waals surface area contributed by atoms with Crippen LogP contribution in [-0.4, -0.2) is 16.1 Å². The van der Waals surface area contributed by atoms with Crippen molar-refractivity contribution in [3.63, 3.8) is 0 Å². The molecule has 0 fully saturated rings. The number of aromatic nitrogens is 1. The Bertz CT molecular complexity index is 287. The smallest absolute Gasteiger partial charge is 0.224 e. The molecule has 14 heavy (non-hydrogen) atoms.